The summed E-state index contributed by atoms with van der Waals surface area (Å²) in [6, 6.07) is 12.9. The van der Waals surface area contributed by atoms with Crippen molar-refractivity contribution in [1.82, 2.24) is 14.9 Å². The Morgan fingerprint density at radius 2 is 1.78 bits per heavy atom. The number of nitrogens with one attached hydrogen (secondary N) is 2. The van der Waals surface area contributed by atoms with Crippen LogP contribution in [0.15, 0.2) is 53.5 Å². The monoisotopic (exact) mass is 451 g/mol. The number of benzene rings is 2. The third-order valence-electron chi connectivity index (χ3n) is 5.81. The predicted molar refractivity (Wildman–Crippen MR) is 130 cm³/mol. The van der Waals surface area contributed by atoms with E-state index in [1.807, 2.05) is 26.1 Å². The van der Waals surface area contributed by atoms with Gasteiger partial charge < -0.3 is 14.9 Å². The fourth-order valence-electron chi connectivity index (χ4n) is 4.22. The van der Waals surface area contributed by atoms with E-state index in [9.17, 15) is 9.18 Å². The first-order chi connectivity index (χ1) is 15.2. The fraction of sp³-hybridized carbons (Fsp3) is 0.269. The Balaban J connectivity index is 1.74. The highest BCUT2D eigenvalue weighted by Gasteiger charge is 2.16. The third kappa shape index (κ3) is 4.36. The molecular weight excluding hydrogens is 425 g/mol. The molecule has 0 atom stereocenters. The van der Waals surface area contributed by atoms with Gasteiger partial charge in [0.1, 0.15) is 5.82 Å². The number of pyridine rings is 1. The lowest BCUT2D eigenvalue weighted by Crippen LogP contribution is -2.22. The molecule has 0 radical (unpaired) electrons. The van der Waals surface area contributed by atoms with Crippen LogP contribution < -0.4 is 10.9 Å². The van der Waals surface area contributed by atoms with Gasteiger partial charge in [0, 0.05) is 42.0 Å². The summed E-state index contributed by atoms with van der Waals surface area (Å²) in [6.07, 6.45) is 1.96. The van der Waals surface area contributed by atoms with Crippen LogP contribution in [0.5, 0.6) is 0 Å². The van der Waals surface area contributed by atoms with Crippen LogP contribution >= 0.6 is 11.6 Å². The molecule has 2 aromatic heterocycles. The SMILES string of the molecule is Cc1cc(C)c(CNCc2cc(-c3ccc(F)cc3)cc3c2c(Cl)cn3C(C)C)c(=O)[nH]1. The molecule has 4 nitrogen and oxygen atoms in total. The molecule has 0 spiro atoms. The van der Waals surface area contributed by atoms with Crippen LogP contribution in [0.4, 0.5) is 4.39 Å². The Kier molecular flexibility index (Phi) is 6.22. The minimum Gasteiger partial charge on any atom is -0.343 e. The van der Waals surface area contributed by atoms with Crippen LogP contribution in [-0.4, -0.2) is 9.55 Å². The highest BCUT2D eigenvalue weighted by atomic mass is 35.5. The first-order valence-electron chi connectivity index (χ1n) is 10.7. The molecule has 6 heteroatoms. The second kappa shape index (κ2) is 8.93. The smallest absolute Gasteiger partial charge is 0.252 e. The lowest BCUT2D eigenvalue weighted by Gasteiger charge is -2.14. The number of hydrogen-bond donors (Lipinski definition) is 2. The van der Waals surface area contributed by atoms with E-state index in [1.54, 1.807) is 12.1 Å². The molecule has 0 bridgehead atoms. The number of hydrogen-bond acceptors (Lipinski definition) is 2. The number of aromatic amines is 1. The molecule has 0 saturated carbocycles. The van der Waals surface area contributed by atoms with E-state index in [2.05, 4.69) is 40.8 Å². The second-order valence-corrected chi connectivity index (χ2v) is 8.97. The van der Waals surface area contributed by atoms with E-state index in [1.165, 1.54) is 12.1 Å². The average molecular weight is 452 g/mol. The van der Waals surface area contributed by atoms with Crippen molar-refractivity contribution in [3.63, 3.8) is 0 Å². The first kappa shape index (κ1) is 22.3. The van der Waals surface area contributed by atoms with Gasteiger partial charge in [-0.15, -0.1) is 0 Å². The van der Waals surface area contributed by atoms with Gasteiger partial charge >= 0.3 is 0 Å². The number of fused-ring (bicyclic) bond motifs is 1. The molecule has 0 aliphatic rings. The first-order valence-corrected chi connectivity index (χ1v) is 11.1. The Hall–Kier alpha value is -2.89. The van der Waals surface area contributed by atoms with Crippen molar-refractivity contribution in [3.8, 4) is 11.1 Å². The Labute approximate surface area is 192 Å². The van der Waals surface area contributed by atoms with Gasteiger partial charge in [-0.25, -0.2) is 4.39 Å². The molecule has 0 aliphatic heterocycles. The van der Waals surface area contributed by atoms with Gasteiger partial charge in [-0.05, 0) is 80.3 Å². The number of aromatic nitrogens is 2. The minimum absolute atomic E-state index is 0.0656. The molecule has 4 rings (SSSR count). The molecule has 0 amide bonds. The van der Waals surface area contributed by atoms with E-state index < -0.39 is 0 Å². The summed E-state index contributed by atoms with van der Waals surface area (Å²) in [6.45, 7) is 9.05. The van der Waals surface area contributed by atoms with Crippen LogP contribution in [0.2, 0.25) is 5.02 Å². The van der Waals surface area contributed by atoms with E-state index in [4.69, 9.17) is 11.6 Å². The largest absolute Gasteiger partial charge is 0.343 e. The number of H-pyrrole nitrogens is 1. The Bertz CT molecular complexity index is 1340. The van der Waals surface area contributed by atoms with E-state index in [-0.39, 0.29) is 17.4 Å². The second-order valence-electron chi connectivity index (χ2n) is 8.56. The van der Waals surface area contributed by atoms with Gasteiger partial charge in [-0.1, -0.05) is 23.7 Å². The summed E-state index contributed by atoms with van der Waals surface area (Å²) in [5, 5.41) is 5.11. The fourth-order valence-corrected chi connectivity index (χ4v) is 4.54. The molecule has 4 aromatic rings. The maximum absolute atomic E-state index is 13.5. The van der Waals surface area contributed by atoms with Crippen molar-refractivity contribution in [1.29, 1.82) is 0 Å². The molecule has 0 fully saturated rings. The van der Waals surface area contributed by atoms with Gasteiger partial charge in [0.15, 0.2) is 0 Å². The van der Waals surface area contributed by atoms with E-state index in [0.29, 0.717) is 18.1 Å². The summed E-state index contributed by atoms with van der Waals surface area (Å²) < 4.78 is 15.6. The van der Waals surface area contributed by atoms with Crippen molar-refractivity contribution in [2.45, 2.75) is 46.8 Å². The van der Waals surface area contributed by atoms with E-state index in [0.717, 1.165) is 44.4 Å². The number of nitrogens with zero attached hydrogens (tertiary/aromatic N) is 1. The minimum atomic E-state index is -0.260. The molecular formula is C26H27ClFN3O. The number of aryl methyl sites for hydroxylation is 2. The molecule has 2 heterocycles. The van der Waals surface area contributed by atoms with Crippen LogP contribution in [-0.2, 0) is 13.1 Å². The van der Waals surface area contributed by atoms with Gasteiger partial charge in [0.25, 0.3) is 5.56 Å². The number of rotatable bonds is 6. The quantitative estimate of drug-likeness (QED) is 0.362. The summed E-state index contributed by atoms with van der Waals surface area (Å²) in [7, 11) is 0. The third-order valence-corrected chi connectivity index (χ3v) is 6.10. The zero-order valence-corrected chi connectivity index (χ0v) is 19.5. The average Bonchev–Trinajstić information content (AvgIpc) is 3.07. The molecule has 2 aromatic carbocycles. The van der Waals surface area contributed by atoms with Crippen LogP contribution in [0.25, 0.3) is 22.0 Å². The normalized spacial score (nSPS) is 11.6. The molecule has 32 heavy (non-hydrogen) atoms. The standard InChI is InChI=1S/C26H27ClFN3O/c1-15(2)31-14-23(27)25-20(12-29-13-22-16(3)9-17(4)30-26(22)32)10-19(11-24(25)31)18-5-7-21(28)8-6-18/h5-11,14-15,29H,12-13H2,1-4H3,(H,30,32). The van der Waals surface area contributed by atoms with Crippen molar-refractivity contribution in [2.24, 2.45) is 0 Å². The summed E-state index contributed by atoms with van der Waals surface area (Å²) >= 11 is 6.66. The van der Waals surface area contributed by atoms with Crippen LogP contribution in [0.1, 0.15) is 42.3 Å². The molecule has 2 N–H and O–H groups in total. The van der Waals surface area contributed by atoms with Crippen molar-refractivity contribution < 1.29 is 4.39 Å². The Morgan fingerprint density at radius 1 is 1.06 bits per heavy atom. The summed E-state index contributed by atoms with van der Waals surface area (Å²) in [4.78, 5) is 15.2. The topological polar surface area (TPSA) is 49.8 Å². The molecule has 0 aliphatic carbocycles. The summed E-state index contributed by atoms with van der Waals surface area (Å²) in [5.41, 5.74) is 6.49. The van der Waals surface area contributed by atoms with Crippen LogP contribution in [0.3, 0.4) is 0 Å². The molecule has 166 valence electrons. The predicted octanol–water partition coefficient (Wildman–Crippen LogP) is 6.28. The van der Waals surface area contributed by atoms with Gasteiger partial charge in [-0.3, -0.25) is 4.79 Å². The van der Waals surface area contributed by atoms with Crippen molar-refractivity contribution in [2.75, 3.05) is 0 Å². The van der Waals surface area contributed by atoms with Gasteiger partial charge in [0.05, 0.1) is 10.5 Å². The van der Waals surface area contributed by atoms with Crippen molar-refractivity contribution >= 4 is 22.5 Å². The van der Waals surface area contributed by atoms with Gasteiger partial charge in [0.2, 0.25) is 0 Å². The maximum atomic E-state index is 13.5. The van der Waals surface area contributed by atoms with Gasteiger partial charge in [-0.2, -0.15) is 0 Å². The van der Waals surface area contributed by atoms with Crippen molar-refractivity contribution in [3.05, 3.63) is 92.2 Å². The van der Waals surface area contributed by atoms with E-state index >= 15 is 0 Å². The summed E-state index contributed by atoms with van der Waals surface area (Å²) in [5.74, 6) is -0.260. The molecule has 0 unspecified atom stereocenters. The maximum Gasteiger partial charge on any atom is 0.252 e. The highest BCUT2D eigenvalue weighted by molar-refractivity contribution is 6.36. The zero-order chi connectivity index (χ0) is 23.0. The Morgan fingerprint density at radius 3 is 2.44 bits per heavy atom. The lowest BCUT2D eigenvalue weighted by atomic mass is 9.99. The highest BCUT2D eigenvalue weighted by Crippen LogP contribution is 2.35. The molecule has 0 saturated heterocycles. The number of halogens is 2. The van der Waals surface area contributed by atoms with Crippen LogP contribution in [0, 0.1) is 19.7 Å². The zero-order valence-electron chi connectivity index (χ0n) is 18.7. The lowest BCUT2D eigenvalue weighted by molar-refractivity contribution is 0.623.